The number of nitrogens with one attached hydrogen (secondary N) is 2. The maximum atomic E-state index is 12.4. The van der Waals surface area contributed by atoms with Crippen molar-refractivity contribution >= 4 is 40.9 Å². The van der Waals surface area contributed by atoms with Gasteiger partial charge in [-0.25, -0.2) is 9.78 Å². The number of aryl methyl sites for hydroxylation is 2. The van der Waals surface area contributed by atoms with Crippen molar-refractivity contribution in [2.45, 2.75) is 25.4 Å². The largest absolute Gasteiger partial charge is 0.478 e. The molecule has 1 heterocycles. The fourth-order valence-corrected chi connectivity index (χ4v) is 4.51. The number of anilines is 1. The normalized spacial score (nSPS) is 10.8. The van der Waals surface area contributed by atoms with Crippen LogP contribution < -0.4 is 5.32 Å². The van der Waals surface area contributed by atoms with Gasteiger partial charge in [-0.05, 0) is 32.0 Å². The van der Waals surface area contributed by atoms with Crippen LogP contribution in [0.1, 0.15) is 27.9 Å². The molecule has 1 aromatic heterocycles. The van der Waals surface area contributed by atoms with Crippen LogP contribution in [0.25, 0.3) is 22.5 Å². The number of carboxylic acids is 1. The van der Waals surface area contributed by atoms with Crippen LogP contribution >= 0.6 is 23.4 Å². The van der Waals surface area contributed by atoms with Gasteiger partial charge in [0.05, 0.1) is 22.0 Å². The molecule has 3 aromatic carbocycles. The molecule has 0 bridgehead atoms. The molecule has 0 saturated carbocycles. The molecule has 0 spiro atoms. The Morgan fingerprint density at radius 3 is 2.23 bits per heavy atom. The highest BCUT2D eigenvalue weighted by atomic mass is 35.5. The van der Waals surface area contributed by atoms with Gasteiger partial charge in [0.15, 0.2) is 5.16 Å². The third-order valence-electron chi connectivity index (χ3n) is 5.40. The number of thioether (sulfide) groups is 1. The van der Waals surface area contributed by atoms with Gasteiger partial charge in [-0.15, -0.1) is 0 Å². The molecule has 8 heteroatoms. The number of carboxylic acid groups (broad SMARTS) is 1. The van der Waals surface area contributed by atoms with E-state index >= 15 is 0 Å². The summed E-state index contributed by atoms with van der Waals surface area (Å²) in [5, 5.41) is 12.8. The number of aromatic nitrogens is 2. The Morgan fingerprint density at radius 2 is 1.60 bits per heavy atom. The van der Waals surface area contributed by atoms with Gasteiger partial charge in [-0.1, -0.05) is 83.0 Å². The van der Waals surface area contributed by atoms with Gasteiger partial charge in [-0.2, -0.15) is 0 Å². The van der Waals surface area contributed by atoms with E-state index in [0.717, 1.165) is 27.7 Å². The lowest BCUT2D eigenvalue weighted by molar-refractivity contribution is -0.115. The second-order valence-electron chi connectivity index (χ2n) is 8.14. The van der Waals surface area contributed by atoms with Gasteiger partial charge < -0.3 is 15.4 Å². The topological polar surface area (TPSA) is 95.1 Å². The van der Waals surface area contributed by atoms with Gasteiger partial charge in [0.25, 0.3) is 0 Å². The zero-order valence-corrected chi connectivity index (χ0v) is 20.8. The molecule has 0 fully saturated rings. The molecule has 3 N–H and O–H groups in total. The Hall–Kier alpha value is -3.55. The molecule has 4 aromatic rings. The summed E-state index contributed by atoms with van der Waals surface area (Å²) in [6.07, 6.45) is 0.232. The van der Waals surface area contributed by atoms with Crippen LogP contribution in [-0.4, -0.2) is 32.7 Å². The molecule has 0 unspecified atom stereocenters. The number of H-pyrrole nitrogens is 1. The maximum Gasteiger partial charge on any atom is 0.337 e. The first kappa shape index (κ1) is 24.6. The first-order chi connectivity index (χ1) is 16.8. The molecule has 4 rings (SSSR count). The average molecular weight is 506 g/mol. The molecule has 1 amide bonds. The first-order valence-electron chi connectivity index (χ1n) is 11.0. The van der Waals surface area contributed by atoms with Crippen LogP contribution in [0.3, 0.4) is 0 Å². The van der Waals surface area contributed by atoms with Crippen LogP contribution in [0.15, 0.2) is 71.9 Å². The molecule has 0 radical (unpaired) electrons. The number of amides is 1. The molecule has 0 atom stereocenters. The molecule has 0 aliphatic heterocycles. The molecule has 6 nitrogen and oxygen atoms in total. The highest BCUT2D eigenvalue weighted by molar-refractivity contribution is 7.99. The van der Waals surface area contributed by atoms with Gasteiger partial charge in [0.2, 0.25) is 5.91 Å². The van der Waals surface area contributed by atoms with Crippen LogP contribution in [0.4, 0.5) is 5.69 Å². The predicted octanol–water partition coefficient (Wildman–Crippen LogP) is 6.83. The number of carbonyl (C=O) groups excluding carboxylic acids is 1. The quantitative estimate of drug-likeness (QED) is 0.228. The number of aromatic amines is 1. The smallest absolute Gasteiger partial charge is 0.337 e. The van der Waals surface area contributed by atoms with Gasteiger partial charge in [0.1, 0.15) is 0 Å². The van der Waals surface area contributed by atoms with E-state index in [1.165, 1.54) is 35.0 Å². The number of hydrogen-bond donors (Lipinski definition) is 3. The minimum Gasteiger partial charge on any atom is -0.478 e. The van der Waals surface area contributed by atoms with Crippen LogP contribution in [0, 0.1) is 13.8 Å². The number of benzene rings is 3. The summed E-state index contributed by atoms with van der Waals surface area (Å²) >= 11 is 7.35. The van der Waals surface area contributed by atoms with E-state index in [4.69, 9.17) is 16.6 Å². The fraction of sp³-hybridized carbons (Fsp3) is 0.148. The molecule has 35 heavy (non-hydrogen) atoms. The molecular formula is C27H24ClN3O3S. The Kier molecular flexibility index (Phi) is 7.58. The van der Waals surface area contributed by atoms with E-state index in [2.05, 4.69) is 65.8 Å². The lowest BCUT2D eigenvalue weighted by atomic mass is 10.0. The number of halogens is 1. The second kappa shape index (κ2) is 10.8. The summed E-state index contributed by atoms with van der Waals surface area (Å²) in [5.41, 5.74) is 6.56. The summed E-state index contributed by atoms with van der Waals surface area (Å²) in [7, 11) is 0. The summed E-state index contributed by atoms with van der Waals surface area (Å²) in [6.45, 7) is 4.10. The van der Waals surface area contributed by atoms with Crippen molar-refractivity contribution in [3.8, 4) is 22.5 Å². The third kappa shape index (κ3) is 6.12. The Labute approximate surface area is 212 Å². The maximum absolute atomic E-state index is 12.4. The number of imidazole rings is 1. The lowest BCUT2D eigenvalue weighted by Crippen LogP contribution is -2.13. The van der Waals surface area contributed by atoms with E-state index in [1.807, 2.05) is 6.92 Å². The Morgan fingerprint density at radius 1 is 0.971 bits per heavy atom. The predicted molar refractivity (Wildman–Crippen MR) is 141 cm³/mol. The fourth-order valence-electron chi connectivity index (χ4n) is 3.50. The van der Waals surface area contributed by atoms with Crippen molar-refractivity contribution in [2.24, 2.45) is 0 Å². The first-order valence-corrected chi connectivity index (χ1v) is 12.4. The van der Waals surface area contributed by atoms with Crippen molar-refractivity contribution in [2.75, 3.05) is 11.1 Å². The van der Waals surface area contributed by atoms with E-state index in [9.17, 15) is 14.7 Å². The van der Waals surface area contributed by atoms with Crippen LogP contribution in [-0.2, 0) is 4.79 Å². The third-order valence-corrected chi connectivity index (χ3v) is 6.60. The molecule has 178 valence electrons. The lowest BCUT2D eigenvalue weighted by Gasteiger charge is -2.07. The molecule has 0 aliphatic carbocycles. The van der Waals surface area contributed by atoms with Gasteiger partial charge in [-0.3, -0.25) is 4.79 Å². The van der Waals surface area contributed by atoms with Crippen molar-refractivity contribution in [3.63, 3.8) is 0 Å². The van der Waals surface area contributed by atoms with Crippen molar-refractivity contribution in [1.29, 1.82) is 0 Å². The summed E-state index contributed by atoms with van der Waals surface area (Å²) in [5.74, 6) is -0.868. The second-order valence-corrected chi connectivity index (χ2v) is 9.63. The highest BCUT2D eigenvalue weighted by Gasteiger charge is 2.16. The standard InChI is InChI=1S/C27H24ClN3O3S/c1-16-3-7-18(8-4-16)24-25(19-9-5-17(2)6-10-19)31-27(30-24)35-14-13-23(32)29-20-11-12-22(28)21(15-20)26(33)34/h3-12,15H,13-14H2,1-2H3,(H,29,32)(H,30,31)(H,33,34). The van der Waals surface area contributed by atoms with E-state index in [1.54, 1.807) is 6.07 Å². The van der Waals surface area contributed by atoms with Crippen molar-refractivity contribution < 1.29 is 14.7 Å². The molecular weight excluding hydrogens is 482 g/mol. The molecule has 0 aliphatic rings. The average Bonchev–Trinajstić information content (AvgIpc) is 3.25. The Balaban J connectivity index is 1.46. The SMILES string of the molecule is Cc1ccc(-c2nc(SCCC(=O)Nc3ccc(Cl)c(C(=O)O)c3)[nH]c2-c2ccc(C)cc2)cc1. The number of aromatic carboxylic acids is 1. The number of nitrogens with zero attached hydrogens (tertiary/aromatic N) is 1. The summed E-state index contributed by atoms with van der Waals surface area (Å²) < 4.78 is 0. The highest BCUT2D eigenvalue weighted by Crippen LogP contribution is 2.33. The monoisotopic (exact) mass is 505 g/mol. The summed E-state index contributed by atoms with van der Waals surface area (Å²) in [4.78, 5) is 31.9. The van der Waals surface area contributed by atoms with Crippen LogP contribution in [0.2, 0.25) is 5.02 Å². The number of carbonyl (C=O) groups is 2. The zero-order chi connectivity index (χ0) is 24.9. The Bertz CT molecular complexity index is 1300. The van der Waals surface area contributed by atoms with Crippen LogP contribution in [0.5, 0.6) is 0 Å². The van der Waals surface area contributed by atoms with E-state index < -0.39 is 5.97 Å². The van der Waals surface area contributed by atoms with Gasteiger partial charge in [0, 0.05) is 29.0 Å². The summed E-state index contributed by atoms with van der Waals surface area (Å²) in [6, 6.07) is 20.9. The number of rotatable bonds is 8. The minimum absolute atomic E-state index is 0.0540. The van der Waals surface area contributed by atoms with E-state index in [0.29, 0.717) is 11.4 Å². The molecule has 0 saturated heterocycles. The van der Waals surface area contributed by atoms with Crippen molar-refractivity contribution in [1.82, 2.24) is 9.97 Å². The zero-order valence-electron chi connectivity index (χ0n) is 19.3. The minimum atomic E-state index is -1.15. The van der Waals surface area contributed by atoms with Crippen molar-refractivity contribution in [3.05, 3.63) is 88.4 Å². The van der Waals surface area contributed by atoms with E-state index in [-0.39, 0.29) is 22.9 Å². The number of hydrogen-bond acceptors (Lipinski definition) is 4. The van der Waals surface area contributed by atoms with Gasteiger partial charge >= 0.3 is 5.97 Å².